The minimum Gasteiger partial charge on any atom is -0.326 e. The molecule has 2 amide bonds. The summed E-state index contributed by atoms with van der Waals surface area (Å²) in [5.41, 5.74) is 1.33. The molecular formula is C14H20N4O2. The van der Waals surface area contributed by atoms with E-state index in [1.165, 1.54) is 6.92 Å². The minimum atomic E-state index is -0.240. The predicted molar refractivity (Wildman–Crippen MR) is 78.6 cm³/mol. The molecule has 0 radical (unpaired) electrons. The zero-order valence-corrected chi connectivity index (χ0v) is 11.7. The van der Waals surface area contributed by atoms with E-state index in [-0.39, 0.29) is 17.9 Å². The standard InChI is InChI=1S/C14H20N4O2/c1-9-7-16-13(8-15-9)14(20)18-12-5-3-4-11(6-12)17-10(2)19/h3-6,9,13,15-16H,7-8H2,1-2H3,(H,17,19)(H,18,20). The number of carbonyl (C=O) groups is 2. The second-order valence-electron chi connectivity index (χ2n) is 5.02. The summed E-state index contributed by atoms with van der Waals surface area (Å²) in [7, 11) is 0. The first-order valence-electron chi connectivity index (χ1n) is 6.70. The third-order valence-corrected chi connectivity index (χ3v) is 3.11. The smallest absolute Gasteiger partial charge is 0.242 e. The van der Waals surface area contributed by atoms with Gasteiger partial charge in [0.2, 0.25) is 11.8 Å². The van der Waals surface area contributed by atoms with Gasteiger partial charge in [0.1, 0.15) is 0 Å². The minimum absolute atomic E-state index is 0.0793. The summed E-state index contributed by atoms with van der Waals surface area (Å²) in [5.74, 6) is -0.218. The van der Waals surface area contributed by atoms with E-state index >= 15 is 0 Å². The molecule has 0 spiro atoms. The zero-order chi connectivity index (χ0) is 14.5. The maximum Gasteiger partial charge on any atom is 0.242 e. The molecule has 1 aromatic rings. The van der Waals surface area contributed by atoms with Crippen LogP contribution in [0.3, 0.4) is 0 Å². The van der Waals surface area contributed by atoms with Gasteiger partial charge in [-0.2, -0.15) is 0 Å². The molecular weight excluding hydrogens is 256 g/mol. The third kappa shape index (κ3) is 4.04. The maximum absolute atomic E-state index is 12.1. The van der Waals surface area contributed by atoms with E-state index in [0.717, 1.165) is 6.54 Å². The number of nitrogens with one attached hydrogen (secondary N) is 4. The van der Waals surface area contributed by atoms with E-state index < -0.39 is 0 Å². The topological polar surface area (TPSA) is 82.3 Å². The van der Waals surface area contributed by atoms with Gasteiger partial charge in [-0.15, -0.1) is 0 Å². The van der Waals surface area contributed by atoms with Crippen molar-refractivity contribution < 1.29 is 9.59 Å². The normalized spacial score (nSPS) is 22.1. The average Bonchev–Trinajstić information content (AvgIpc) is 2.39. The summed E-state index contributed by atoms with van der Waals surface area (Å²) >= 11 is 0. The molecule has 6 heteroatoms. The number of amides is 2. The van der Waals surface area contributed by atoms with Gasteiger partial charge in [-0.1, -0.05) is 6.07 Å². The molecule has 0 aromatic heterocycles. The number of hydrogen-bond donors (Lipinski definition) is 4. The quantitative estimate of drug-likeness (QED) is 0.649. The Hall–Kier alpha value is -1.92. The van der Waals surface area contributed by atoms with Crippen LogP contribution in [0.5, 0.6) is 0 Å². The highest BCUT2D eigenvalue weighted by Crippen LogP contribution is 2.15. The lowest BCUT2D eigenvalue weighted by Gasteiger charge is -2.28. The van der Waals surface area contributed by atoms with Gasteiger partial charge in [0, 0.05) is 37.4 Å². The van der Waals surface area contributed by atoms with E-state index in [1.54, 1.807) is 24.3 Å². The zero-order valence-electron chi connectivity index (χ0n) is 11.7. The van der Waals surface area contributed by atoms with Crippen molar-refractivity contribution in [2.24, 2.45) is 0 Å². The van der Waals surface area contributed by atoms with Crippen molar-refractivity contribution in [3.05, 3.63) is 24.3 Å². The van der Waals surface area contributed by atoms with Crippen molar-refractivity contribution in [3.8, 4) is 0 Å². The Morgan fingerprint density at radius 3 is 2.45 bits per heavy atom. The van der Waals surface area contributed by atoms with Crippen LogP contribution in [0.1, 0.15) is 13.8 Å². The summed E-state index contributed by atoms with van der Waals surface area (Å²) in [6.07, 6.45) is 0. The first kappa shape index (κ1) is 14.5. The molecule has 1 aliphatic rings. The van der Waals surface area contributed by atoms with Gasteiger partial charge < -0.3 is 21.3 Å². The Labute approximate surface area is 118 Å². The van der Waals surface area contributed by atoms with Gasteiger partial charge >= 0.3 is 0 Å². The Bertz CT molecular complexity index is 496. The van der Waals surface area contributed by atoms with Gasteiger partial charge in [0.25, 0.3) is 0 Å². The molecule has 108 valence electrons. The number of anilines is 2. The van der Waals surface area contributed by atoms with E-state index in [2.05, 4.69) is 28.2 Å². The van der Waals surface area contributed by atoms with Crippen LogP contribution >= 0.6 is 0 Å². The number of piperazine rings is 1. The molecule has 2 atom stereocenters. The van der Waals surface area contributed by atoms with Gasteiger partial charge in [0.15, 0.2) is 0 Å². The maximum atomic E-state index is 12.1. The van der Waals surface area contributed by atoms with Crippen LogP contribution < -0.4 is 21.3 Å². The lowest BCUT2D eigenvalue weighted by molar-refractivity contribution is -0.118. The average molecular weight is 276 g/mol. The number of rotatable bonds is 3. The molecule has 1 aliphatic heterocycles. The van der Waals surface area contributed by atoms with Crippen molar-refractivity contribution in [2.45, 2.75) is 25.9 Å². The fourth-order valence-corrected chi connectivity index (χ4v) is 2.08. The molecule has 2 unspecified atom stereocenters. The summed E-state index contributed by atoms with van der Waals surface area (Å²) in [5, 5.41) is 12.0. The van der Waals surface area contributed by atoms with Crippen molar-refractivity contribution in [2.75, 3.05) is 23.7 Å². The predicted octanol–water partition coefficient (Wildman–Crippen LogP) is 0.533. The third-order valence-electron chi connectivity index (χ3n) is 3.11. The summed E-state index contributed by atoms with van der Waals surface area (Å²) < 4.78 is 0. The number of hydrogen-bond acceptors (Lipinski definition) is 4. The van der Waals surface area contributed by atoms with Crippen LogP contribution in [0.15, 0.2) is 24.3 Å². The molecule has 4 N–H and O–H groups in total. The molecule has 1 aromatic carbocycles. The van der Waals surface area contributed by atoms with Crippen LogP contribution in [0.25, 0.3) is 0 Å². The van der Waals surface area contributed by atoms with Gasteiger partial charge in [0.05, 0.1) is 6.04 Å². The van der Waals surface area contributed by atoms with Gasteiger partial charge in [-0.25, -0.2) is 0 Å². The first-order chi connectivity index (χ1) is 9.54. The van der Waals surface area contributed by atoms with Crippen molar-refractivity contribution in [1.82, 2.24) is 10.6 Å². The lowest BCUT2D eigenvalue weighted by atomic mass is 10.1. The summed E-state index contributed by atoms with van der Waals surface area (Å²) in [6.45, 7) is 4.89. The summed E-state index contributed by atoms with van der Waals surface area (Å²) in [6, 6.07) is 7.23. The lowest BCUT2D eigenvalue weighted by Crippen LogP contribution is -2.57. The van der Waals surface area contributed by atoms with Crippen molar-refractivity contribution >= 4 is 23.2 Å². The molecule has 6 nitrogen and oxygen atoms in total. The number of carbonyl (C=O) groups excluding carboxylic acids is 2. The second-order valence-corrected chi connectivity index (χ2v) is 5.02. The van der Waals surface area contributed by atoms with E-state index in [4.69, 9.17) is 0 Å². The molecule has 0 aliphatic carbocycles. The molecule has 2 rings (SSSR count). The van der Waals surface area contributed by atoms with Gasteiger partial charge in [-0.05, 0) is 25.1 Å². The Morgan fingerprint density at radius 1 is 1.15 bits per heavy atom. The SMILES string of the molecule is CC(=O)Nc1cccc(NC(=O)C2CNC(C)CN2)c1. The highest BCUT2D eigenvalue weighted by molar-refractivity contribution is 5.96. The molecule has 1 saturated heterocycles. The van der Waals surface area contributed by atoms with Crippen LogP contribution in [0, 0.1) is 0 Å². The molecule has 1 fully saturated rings. The van der Waals surface area contributed by atoms with Crippen LogP contribution in [-0.2, 0) is 9.59 Å². The first-order valence-corrected chi connectivity index (χ1v) is 6.70. The second kappa shape index (κ2) is 6.49. The van der Waals surface area contributed by atoms with E-state index in [1.807, 2.05) is 0 Å². The Kier molecular flexibility index (Phi) is 4.70. The summed E-state index contributed by atoms with van der Waals surface area (Å²) in [4.78, 5) is 23.1. The fraction of sp³-hybridized carbons (Fsp3) is 0.429. The highest BCUT2D eigenvalue weighted by atomic mass is 16.2. The van der Waals surface area contributed by atoms with Crippen LogP contribution in [0.4, 0.5) is 11.4 Å². The molecule has 0 bridgehead atoms. The molecule has 0 saturated carbocycles. The Balaban J connectivity index is 1.95. The fourth-order valence-electron chi connectivity index (χ4n) is 2.08. The Morgan fingerprint density at radius 2 is 1.85 bits per heavy atom. The highest BCUT2D eigenvalue weighted by Gasteiger charge is 2.23. The van der Waals surface area contributed by atoms with Crippen molar-refractivity contribution in [1.29, 1.82) is 0 Å². The van der Waals surface area contributed by atoms with Gasteiger partial charge in [-0.3, -0.25) is 9.59 Å². The van der Waals surface area contributed by atoms with Crippen molar-refractivity contribution in [3.63, 3.8) is 0 Å². The monoisotopic (exact) mass is 276 g/mol. The van der Waals surface area contributed by atoms with E-state index in [9.17, 15) is 9.59 Å². The van der Waals surface area contributed by atoms with E-state index in [0.29, 0.717) is 24.0 Å². The molecule has 1 heterocycles. The van der Waals surface area contributed by atoms with Crippen LogP contribution in [-0.4, -0.2) is 37.0 Å². The van der Waals surface area contributed by atoms with Crippen LogP contribution in [0.2, 0.25) is 0 Å². The number of benzene rings is 1. The molecule has 20 heavy (non-hydrogen) atoms. The largest absolute Gasteiger partial charge is 0.326 e.